The fraction of sp³-hybridized carbons (Fsp3) is 0.200. The number of hydrogen-bond donors (Lipinski definition) is 0. The van der Waals surface area contributed by atoms with Crippen molar-refractivity contribution >= 4 is 11.6 Å². The van der Waals surface area contributed by atoms with Crippen LogP contribution in [0.25, 0.3) is 0 Å². The van der Waals surface area contributed by atoms with E-state index in [0.717, 1.165) is 11.3 Å². The van der Waals surface area contributed by atoms with Crippen LogP contribution in [0.3, 0.4) is 0 Å². The Labute approximate surface area is 127 Å². The van der Waals surface area contributed by atoms with Crippen molar-refractivity contribution in [1.82, 2.24) is 9.55 Å². The zero-order chi connectivity index (χ0) is 15.2. The summed E-state index contributed by atoms with van der Waals surface area (Å²) in [6.07, 6.45) is 6.55. The summed E-state index contributed by atoms with van der Waals surface area (Å²) in [5, 5.41) is 0.162. The zero-order valence-corrected chi connectivity index (χ0v) is 12.1. The van der Waals surface area contributed by atoms with Gasteiger partial charge in [0.15, 0.2) is 6.61 Å². The molecule has 0 N–H and O–H groups in total. The second kappa shape index (κ2) is 6.82. The molecule has 0 amide bonds. The molecule has 0 unspecified atom stereocenters. The van der Waals surface area contributed by atoms with E-state index in [4.69, 9.17) is 27.5 Å². The largest absolute Gasteiger partial charge is 0.497 e. The smallest absolute Gasteiger partial charge is 0.313 e. The van der Waals surface area contributed by atoms with Gasteiger partial charge in [-0.05, 0) is 17.7 Å². The Morgan fingerprint density at radius 2 is 2.10 bits per heavy atom. The molecule has 0 saturated heterocycles. The van der Waals surface area contributed by atoms with Gasteiger partial charge in [0.2, 0.25) is 0 Å². The highest BCUT2D eigenvalue weighted by Gasteiger charge is 2.09. The van der Waals surface area contributed by atoms with Crippen LogP contribution >= 0.6 is 11.6 Å². The molecule has 1 heterocycles. The van der Waals surface area contributed by atoms with E-state index in [9.17, 15) is 4.79 Å². The van der Waals surface area contributed by atoms with E-state index in [1.165, 1.54) is 10.8 Å². The molecule has 0 aliphatic rings. The molecule has 0 aliphatic heterocycles. The molecule has 1 aromatic carbocycles. The molecule has 108 valence electrons. The first-order valence-corrected chi connectivity index (χ1v) is 6.48. The summed E-state index contributed by atoms with van der Waals surface area (Å²) >= 11 is 5.89. The summed E-state index contributed by atoms with van der Waals surface area (Å²) in [5.74, 6) is 2.92. The summed E-state index contributed by atoms with van der Waals surface area (Å²) in [6, 6.07) is 7.36. The molecule has 1 aromatic heterocycles. The monoisotopic (exact) mass is 304 g/mol. The second-order valence-corrected chi connectivity index (χ2v) is 4.53. The Bertz CT molecular complexity index is 717. The highest BCUT2D eigenvalue weighted by atomic mass is 35.5. The summed E-state index contributed by atoms with van der Waals surface area (Å²) in [4.78, 5) is 16.0. The van der Waals surface area contributed by atoms with Crippen LogP contribution in [0.4, 0.5) is 0 Å². The molecule has 0 fully saturated rings. The minimum absolute atomic E-state index is 0.0366. The molecular weight excluding hydrogens is 292 g/mol. The van der Waals surface area contributed by atoms with E-state index in [1.54, 1.807) is 7.11 Å². The maximum atomic E-state index is 12.2. The minimum atomic E-state index is -0.384. The van der Waals surface area contributed by atoms with E-state index in [1.807, 2.05) is 24.3 Å². The Morgan fingerprint density at radius 1 is 1.38 bits per heavy atom. The molecule has 0 atom stereocenters. The molecule has 2 rings (SSSR count). The summed E-state index contributed by atoms with van der Waals surface area (Å²) in [7, 11) is 1.59. The molecule has 0 radical (unpaired) electrons. The van der Waals surface area contributed by atoms with Crippen molar-refractivity contribution in [3.63, 3.8) is 0 Å². The average molecular weight is 305 g/mol. The molecular formula is C15H13ClN2O3. The molecule has 5 nitrogen and oxygen atoms in total. The minimum Gasteiger partial charge on any atom is -0.497 e. The highest BCUT2D eigenvalue weighted by Crippen LogP contribution is 2.13. The molecule has 0 aliphatic carbocycles. The topological polar surface area (TPSA) is 53.4 Å². The van der Waals surface area contributed by atoms with Crippen LogP contribution in [-0.2, 0) is 6.54 Å². The van der Waals surface area contributed by atoms with Crippen LogP contribution < -0.4 is 15.0 Å². The number of rotatable bonds is 5. The number of aromatic nitrogens is 2. The second-order valence-electron chi connectivity index (χ2n) is 4.14. The predicted molar refractivity (Wildman–Crippen MR) is 79.9 cm³/mol. The lowest BCUT2D eigenvalue weighted by Gasteiger charge is -2.09. The number of methoxy groups -OCH3 is 1. The third-order valence-electron chi connectivity index (χ3n) is 2.72. The van der Waals surface area contributed by atoms with Gasteiger partial charge in [-0.3, -0.25) is 4.79 Å². The fourth-order valence-electron chi connectivity index (χ4n) is 1.73. The quantitative estimate of drug-likeness (QED) is 0.793. The SMILES string of the molecule is C#CCOc1nc(Cl)cn(Cc2ccc(OC)cc2)c1=O. The van der Waals surface area contributed by atoms with Crippen molar-refractivity contribution in [2.24, 2.45) is 0 Å². The van der Waals surface area contributed by atoms with Crippen LogP contribution in [0.5, 0.6) is 11.6 Å². The normalized spacial score (nSPS) is 9.95. The van der Waals surface area contributed by atoms with E-state index < -0.39 is 0 Å². The number of halogens is 1. The van der Waals surface area contributed by atoms with Gasteiger partial charge in [0.05, 0.1) is 13.7 Å². The summed E-state index contributed by atoms with van der Waals surface area (Å²) < 4.78 is 11.6. The first-order valence-electron chi connectivity index (χ1n) is 6.10. The zero-order valence-electron chi connectivity index (χ0n) is 11.4. The molecule has 21 heavy (non-hydrogen) atoms. The predicted octanol–water partition coefficient (Wildman–Crippen LogP) is 1.97. The van der Waals surface area contributed by atoms with Gasteiger partial charge in [-0.25, -0.2) is 0 Å². The first kappa shape index (κ1) is 14.9. The van der Waals surface area contributed by atoms with Crippen molar-refractivity contribution in [2.45, 2.75) is 6.54 Å². The van der Waals surface area contributed by atoms with Crippen molar-refractivity contribution in [2.75, 3.05) is 13.7 Å². The van der Waals surface area contributed by atoms with Crippen molar-refractivity contribution in [1.29, 1.82) is 0 Å². The lowest BCUT2D eigenvalue weighted by atomic mass is 10.2. The van der Waals surface area contributed by atoms with Gasteiger partial charge in [0.1, 0.15) is 10.9 Å². The number of terminal acetylenes is 1. The highest BCUT2D eigenvalue weighted by molar-refractivity contribution is 6.29. The number of hydrogen-bond acceptors (Lipinski definition) is 4. The third-order valence-corrected chi connectivity index (χ3v) is 2.90. The first-order chi connectivity index (χ1) is 10.1. The van der Waals surface area contributed by atoms with Gasteiger partial charge in [0, 0.05) is 6.20 Å². The Hall–Kier alpha value is -2.45. The lowest BCUT2D eigenvalue weighted by Crippen LogP contribution is -2.23. The van der Waals surface area contributed by atoms with Crippen LogP contribution in [-0.4, -0.2) is 23.3 Å². The van der Waals surface area contributed by atoms with Gasteiger partial charge >= 0.3 is 5.56 Å². The maximum Gasteiger partial charge on any atom is 0.313 e. The van der Waals surface area contributed by atoms with E-state index in [2.05, 4.69) is 10.9 Å². The number of ether oxygens (including phenoxy) is 2. The molecule has 0 spiro atoms. The van der Waals surface area contributed by atoms with E-state index >= 15 is 0 Å². The van der Waals surface area contributed by atoms with E-state index in [-0.39, 0.29) is 23.2 Å². The van der Waals surface area contributed by atoms with Crippen molar-refractivity contribution < 1.29 is 9.47 Å². The van der Waals surface area contributed by atoms with Gasteiger partial charge in [-0.1, -0.05) is 29.7 Å². The number of benzene rings is 1. The maximum absolute atomic E-state index is 12.2. The van der Waals surface area contributed by atoms with Crippen LogP contribution in [0.1, 0.15) is 5.56 Å². The van der Waals surface area contributed by atoms with Crippen molar-refractivity contribution in [3.8, 4) is 24.0 Å². The Kier molecular flexibility index (Phi) is 4.85. The standard InChI is InChI=1S/C15H13ClN2O3/c1-3-8-21-14-15(19)18(10-13(16)17-14)9-11-4-6-12(20-2)7-5-11/h1,4-7,10H,8-9H2,2H3. The fourth-order valence-corrected chi connectivity index (χ4v) is 1.93. The van der Waals surface area contributed by atoms with Crippen LogP contribution in [0.2, 0.25) is 5.15 Å². The lowest BCUT2D eigenvalue weighted by molar-refractivity contribution is 0.345. The average Bonchev–Trinajstić information content (AvgIpc) is 2.50. The van der Waals surface area contributed by atoms with Crippen LogP contribution in [0, 0.1) is 12.3 Å². The molecule has 0 bridgehead atoms. The Balaban J connectivity index is 2.28. The summed E-state index contributed by atoms with van der Waals surface area (Å²) in [5.41, 5.74) is 0.536. The summed E-state index contributed by atoms with van der Waals surface area (Å²) in [6.45, 7) is 0.308. The molecule has 6 heteroatoms. The molecule has 0 saturated carbocycles. The van der Waals surface area contributed by atoms with Gasteiger partial charge in [0.25, 0.3) is 5.88 Å². The van der Waals surface area contributed by atoms with Gasteiger partial charge in [-0.2, -0.15) is 4.98 Å². The van der Waals surface area contributed by atoms with Crippen molar-refractivity contribution in [3.05, 3.63) is 51.5 Å². The van der Waals surface area contributed by atoms with Gasteiger partial charge < -0.3 is 14.0 Å². The number of nitrogens with zero attached hydrogens (tertiary/aromatic N) is 2. The molecule has 2 aromatic rings. The Morgan fingerprint density at radius 3 is 2.71 bits per heavy atom. The third kappa shape index (κ3) is 3.77. The van der Waals surface area contributed by atoms with Gasteiger partial charge in [-0.15, -0.1) is 6.42 Å². The van der Waals surface area contributed by atoms with Crippen LogP contribution in [0.15, 0.2) is 35.3 Å². The van der Waals surface area contributed by atoms with E-state index in [0.29, 0.717) is 6.54 Å².